The first kappa shape index (κ1) is 17.3. The number of benzene rings is 1. The van der Waals surface area contributed by atoms with Crippen molar-refractivity contribution in [3.8, 4) is 0 Å². The predicted octanol–water partition coefficient (Wildman–Crippen LogP) is 3.29. The molecule has 0 spiro atoms. The molecule has 0 saturated carbocycles. The Morgan fingerprint density at radius 3 is 2.56 bits per heavy atom. The second-order valence-electron chi connectivity index (χ2n) is 5.51. The van der Waals surface area contributed by atoms with Crippen molar-refractivity contribution < 1.29 is 14.1 Å². The number of amides is 2. The molecule has 0 N–H and O–H groups in total. The molecule has 1 saturated heterocycles. The van der Waals surface area contributed by atoms with Crippen molar-refractivity contribution in [1.29, 1.82) is 0 Å². The van der Waals surface area contributed by atoms with Gasteiger partial charge in [0.15, 0.2) is 10.9 Å². The molecule has 6 nitrogen and oxygen atoms in total. The summed E-state index contributed by atoms with van der Waals surface area (Å²) in [5.41, 5.74) is 1.86. The zero-order valence-electron chi connectivity index (χ0n) is 13.5. The Kier molecular flexibility index (Phi) is 4.69. The van der Waals surface area contributed by atoms with E-state index in [1.165, 1.54) is 16.8 Å². The topological polar surface area (TPSA) is 66.7 Å². The summed E-state index contributed by atoms with van der Waals surface area (Å²) in [7, 11) is 1.54. The summed E-state index contributed by atoms with van der Waals surface area (Å²) in [4.78, 5) is 26.7. The Morgan fingerprint density at radius 1 is 1.20 bits per heavy atom. The second-order valence-corrected chi connectivity index (χ2v) is 6.31. The number of halogens is 1. The Morgan fingerprint density at radius 2 is 1.88 bits per heavy atom. The maximum absolute atomic E-state index is 12.4. The van der Waals surface area contributed by atoms with Crippen LogP contribution in [0.5, 0.6) is 0 Å². The number of aromatic nitrogens is 1. The zero-order chi connectivity index (χ0) is 18.1. The van der Waals surface area contributed by atoms with Gasteiger partial charge in [-0.25, -0.2) is 0 Å². The smallest absolute Gasteiger partial charge is 0.242 e. The summed E-state index contributed by atoms with van der Waals surface area (Å²) in [6.45, 7) is 1.71. The highest BCUT2D eigenvalue weighted by Crippen LogP contribution is 2.30. The van der Waals surface area contributed by atoms with Crippen LogP contribution in [-0.4, -0.2) is 34.0 Å². The lowest BCUT2D eigenvalue weighted by molar-refractivity contribution is -0.132. The first-order chi connectivity index (χ1) is 11.9. The van der Waals surface area contributed by atoms with Gasteiger partial charge in [0.25, 0.3) is 0 Å². The Hall–Kier alpha value is -2.51. The maximum Gasteiger partial charge on any atom is 0.242 e. The summed E-state index contributed by atoms with van der Waals surface area (Å²) in [6, 6.07) is 7.25. The largest absolute Gasteiger partial charge is 0.354 e. The molecule has 1 aliphatic heterocycles. The lowest BCUT2D eigenvalue weighted by Crippen LogP contribution is -2.53. The summed E-state index contributed by atoms with van der Waals surface area (Å²) in [5, 5.41) is 4.68. The number of carbonyl (C=O) groups excluding carboxylic acids is 2. The molecule has 0 atom stereocenters. The van der Waals surface area contributed by atoms with E-state index in [1.54, 1.807) is 25.1 Å². The Labute approximate surface area is 154 Å². The Balaban J connectivity index is 1.96. The quantitative estimate of drug-likeness (QED) is 0.608. The molecular formula is C17H14ClN3O3S. The molecule has 25 heavy (non-hydrogen) atoms. The van der Waals surface area contributed by atoms with Crippen molar-refractivity contribution in [3.05, 3.63) is 46.3 Å². The molecule has 0 unspecified atom stereocenters. The summed E-state index contributed by atoms with van der Waals surface area (Å²) in [5.74, 6) is -0.356. The first-order valence-electron chi connectivity index (χ1n) is 7.42. The zero-order valence-corrected chi connectivity index (χ0v) is 15.1. The van der Waals surface area contributed by atoms with Crippen molar-refractivity contribution in [3.63, 3.8) is 0 Å². The molecule has 2 heterocycles. The molecule has 8 heteroatoms. The van der Waals surface area contributed by atoms with Gasteiger partial charge in [-0.1, -0.05) is 35.0 Å². The van der Waals surface area contributed by atoms with Gasteiger partial charge in [0.2, 0.25) is 11.8 Å². The molecule has 128 valence electrons. The Bertz CT molecular complexity index is 889. The van der Waals surface area contributed by atoms with Crippen LogP contribution in [0.4, 0.5) is 5.69 Å². The van der Waals surface area contributed by atoms with E-state index < -0.39 is 5.91 Å². The van der Waals surface area contributed by atoms with E-state index in [0.29, 0.717) is 22.2 Å². The number of hydrogen-bond donors (Lipinski definition) is 0. The third-order valence-corrected chi connectivity index (χ3v) is 4.49. The van der Waals surface area contributed by atoms with Gasteiger partial charge in [-0.05, 0) is 42.9 Å². The fourth-order valence-corrected chi connectivity index (χ4v) is 2.84. The van der Waals surface area contributed by atoms with Gasteiger partial charge in [0.1, 0.15) is 17.8 Å². The van der Waals surface area contributed by atoms with Crippen LogP contribution in [0.3, 0.4) is 0 Å². The number of hydrogen-bond acceptors (Lipinski definition) is 5. The van der Waals surface area contributed by atoms with Gasteiger partial charge in [0.05, 0.1) is 0 Å². The normalized spacial score (nSPS) is 15.6. The maximum atomic E-state index is 12.4. The minimum Gasteiger partial charge on any atom is -0.354 e. The average molecular weight is 376 g/mol. The molecule has 2 amide bonds. The summed E-state index contributed by atoms with van der Waals surface area (Å²) >= 11 is 11.1. The van der Waals surface area contributed by atoms with Crippen molar-refractivity contribution in [2.45, 2.75) is 13.3 Å². The number of aryl methyl sites for hydroxylation is 1. The number of anilines is 1. The first-order valence-corrected chi connectivity index (χ1v) is 8.20. The van der Waals surface area contributed by atoms with Gasteiger partial charge in [-0.3, -0.25) is 19.4 Å². The minimum absolute atomic E-state index is 0.105. The van der Waals surface area contributed by atoms with Crippen molar-refractivity contribution >= 4 is 58.6 Å². The van der Waals surface area contributed by atoms with Crippen LogP contribution in [0.25, 0.3) is 12.2 Å². The standard InChI is InChI=1S/C17H14ClN3O3S/c1-10-16(21-15(23)9-14(22)20(2)17(21)25)13(24-19-10)8-5-11-3-6-12(18)7-4-11/h3-8H,9H2,1-2H3/b8-5+. The van der Waals surface area contributed by atoms with Gasteiger partial charge in [-0.2, -0.15) is 0 Å². The van der Waals surface area contributed by atoms with Crippen LogP contribution in [0.1, 0.15) is 23.4 Å². The van der Waals surface area contributed by atoms with Gasteiger partial charge in [-0.15, -0.1) is 0 Å². The van der Waals surface area contributed by atoms with Gasteiger partial charge >= 0.3 is 0 Å². The number of rotatable bonds is 3. The molecule has 1 aromatic carbocycles. The van der Waals surface area contributed by atoms with Crippen molar-refractivity contribution in [2.75, 3.05) is 11.9 Å². The second kappa shape index (κ2) is 6.78. The van der Waals surface area contributed by atoms with Gasteiger partial charge < -0.3 is 4.52 Å². The molecular weight excluding hydrogens is 362 g/mol. The van der Waals surface area contributed by atoms with Crippen LogP contribution in [0.2, 0.25) is 5.02 Å². The summed E-state index contributed by atoms with van der Waals surface area (Å²) in [6.07, 6.45) is 3.26. The molecule has 1 fully saturated rings. The highest BCUT2D eigenvalue weighted by atomic mass is 35.5. The van der Waals surface area contributed by atoms with Crippen molar-refractivity contribution in [1.82, 2.24) is 10.1 Å². The molecule has 3 rings (SSSR count). The number of thiocarbonyl (C=S) groups is 1. The lowest BCUT2D eigenvalue weighted by atomic mass is 10.1. The highest BCUT2D eigenvalue weighted by Gasteiger charge is 2.36. The van der Waals surface area contributed by atoms with Gasteiger partial charge in [0, 0.05) is 12.1 Å². The number of nitrogens with zero attached hydrogens (tertiary/aromatic N) is 3. The van der Waals surface area contributed by atoms with Crippen LogP contribution < -0.4 is 4.90 Å². The van der Waals surface area contributed by atoms with E-state index >= 15 is 0 Å². The number of carbonyl (C=O) groups is 2. The van der Waals surface area contributed by atoms with E-state index in [1.807, 2.05) is 18.2 Å². The molecule has 0 aliphatic carbocycles. The lowest BCUT2D eigenvalue weighted by Gasteiger charge is -2.32. The molecule has 2 aromatic rings. The predicted molar refractivity (Wildman–Crippen MR) is 99.1 cm³/mol. The SMILES string of the molecule is Cc1noc(/C=C/c2ccc(Cl)cc2)c1N1C(=O)CC(=O)N(C)C1=S. The van der Waals surface area contributed by atoms with Crippen molar-refractivity contribution in [2.24, 2.45) is 0 Å². The summed E-state index contributed by atoms with van der Waals surface area (Å²) < 4.78 is 5.33. The average Bonchev–Trinajstić information content (AvgIpc) is 2.93. The fraction of sp³-hybridized carbons (Fsp3) is 0.176. The third kappa shape index (κ3) is 3.33. The van der Waals surface area contributed by atoms with Crippen LogP contribution in [0.15, 0.2) is 28.8 Å². The molecule has 1 aliphatic rings. The van der Waals surface area contributed by atoms with E-state index in [4.69, 9.17) is 28.3 Å². The monoisotopic (exact) mass is 375 g/mol. The molecule has 0 bridgehead atoms. The van der Waals surface area contributed by atoms with E-state index in [2.05, 4.69) is 5.16 Å². The highest BCUT2D eigenvalue weighted by molar-refractivity contribution is 7.80. The third-order valence-electron chi connectivity index (χ3n) is 3.78. The van der Waals surface area contributed by atoms with E-state index in [0.717, 1.165) is 5.56 Å². The molecule has 0 radical (unpaired) electrons. The van der Waals surface area contributed by atoms with Crippen LogP contribution >= 0.6 is 23.8 Å². The van der Waals surface area contributed by atoms with Crippen LogP contribution in [0, 0.1) is 6.92 Å². The fourth-order valence-electron chi connectivity index (χ4n) is 2.42. The van der Waals surface area contributed by atoms with E-state index in [9.17, 15) is 9.59 Å². The minimum atomic E-state index is -0.402. The molecule has 1 aromatic heterocycles. The van der Waals surface area contributed by atoms with E-state index in [-0.39, 0.29) is 17.4 Å². The van der Waals surface area contributed by atoms with Crippen LogP contribution in [-0.2, 0) is 9.59 Å².